The van der Waals surface area contributed by atoms with Gasteiger partial charge in [-0.25, -0.2) is 4.98 Å². The topological polar surface area (TPSA) is 244 Å². The monoisotopic (exact) mass is 605 g/mol. The number of aromatic amines is 1. The van der Waals surface area contributed by atoms with Crippen LogP contribution < -0.4 is 33.2 Å². The van der Waals surface area contributed by atoms with E-state index in [0.29, 0.717) is 18.5 Å². The minimum Gasteiger partial charge on any atom is -0.508 e. The van der Waals surface area contributed by atoms with Gasteiger partial charge in [-0.15, -0.1) is 0 Å². The van der Waals surface area contributed by atoms with Gasteiger partial charge in [0.05, 0.1) is 6.33 Å². The summed E-state index contributed by atoms with van der Waals surface area (Å²) in [5.41, 5.74) is 18.3. The molecule has 0 aliphatic rings. The Morgan fingerprint density at radius 2 is 1.55 bits per heavy atom. The third-order valence-corrected chi connectivity index (χ3v) is 6.70. The first-order valence-electron chi connectivity index (χ1n) is 14.1. The molecule has 0 aliphatic carbocycles. The number of H-pyrrole nitrogens is 1. The molecule has 0 bridgehead atoms. The minimum absolute atomic E-state index is 0.0598. The third kappa shape index (κ3) is 11.5. The largest absolute Gasteiger partial charge is 0.508 e. The van der Waals surface area contributed by atoms with Crippen molar-refractivity contribution in [2.45, 2.75) is 56.7 Å². The van der Waals surface area contributed by atoms with Crippen LogP contribution in [0.2, 0.25) is 0 Å². The number of guanidine groups is 1. The highest BCUT2D eigenvalue weighted by Gasteiger charge is 2.29. The molecule has 234 valence electrons. The zero-order chi connectivity index (χ0) is 31.9. The van der Waals surface area contributed by atoms with Gasteiger partial charge in [0.2, 0.25) is 23.6 Å². The predicted octanol–water partition coefficient (Wildman–Crippen LogP) is -0.473. The van der Waals surface area contributed by atoms with Gasteiger partial charge in [0.15, 0.2) is 5.96 Å². The number of nitrogens with zero attached hydrogens (tertiary/aromatic N) is 2. The van der Waals surface area contributed by atoms with Gasteiger partial charge in [0.1, 0.15) is 23.9 Å². The molecule has 44 heavy (non-hydrogen) atoms. The number of nitrogens with two attached hydrogens (primary N) is 3. The summed E-state index contributed by atoms with van der Waals surface area (Å²) >= 11 is 0. The van der Waals surface area contributed by atoms with Crippen molar-refractivity contribution in [1.82, 2.24) is 25.9 Å². The van der Waals surface area contributed by atoms with Gasteiger partial charge >= 0.3 is 0 Å². The molecule has 11 N–H and O–H groups in total. The fraction of sp³-hybridized carbons (Fsp3) is 0.333. The number of imidazole rings is 1. The van der Waals surface area contributed by atoms with E-state index in [1.165, 1.54) is 18.6 Å². The number of benzene rings is 2. The average molecular weight is 606 g/mol. The zero-order valence-corrected chi connectivity index (χ0v) is 24.2. The van der Waals surface area contributed by atoms with Crippen LogP contribution in [0.25, 0.3) is 0 Å². The van der Waals surface area contributed by atoms with E-state index in [0.717, 1.165) is 11.1 Å². The molecule has 1 heterocycles. The highest BCUT2D eigenvalue weighted by Crippen LogP contribution is 2.13. The summed E-state index contributed by atoms with van der Waals surface area (Å²) in [4.78, 5) is 62.9. The van der Waals surface area contributed by atoms with Gasteiger partial charge in [0.25, 0.3) is 0 Å². The van der Waals surface area contributed by atoms with Crippen molar-refractivity contribution in [3.05, 3.63) is 83.9 Å². The fourth-order valence-corrected chi connectivity index (χ4v) is 4.45. The first kappa shape index (κ1) is 33.1. The van der Waals surface area contributed by atoms with Crippen LogP contribution in [0.4, 0.5) is 0 Å². The molecule has 14 heteroatoms. The van der Waals surface area contributed by atoms with E-state index >= 15 is 0 Å². The van der Waals surface area contributed by atoms with Crippen molar-refractivity contribution < 1.29 is 24.3 Å². The molecule has 0 spiro atoms. The lowest BCUT2D eigenvalue weighted by Crippen LogP contribution is -2.57. The van der Waals surface area contributed by atoms with Crippen molar-refractivity contribution in [3.63, 3.8) is 0 Å². The number of carbonyl (C=O) groups is 4. The molecule has 3 aromatic rings. The Morgan fingerprint density at radius 1 is 0.864 bits per heavy atom. The Kier molecular flexibility index (Phi) is 12.7. The number of carbonyl (C=O) groups excluding carboxylic acids is 4. The quantitative estimate of drug-likeness (QED) is 0.0566. The van der Waals surface area contributed by atoms with Gasteiger partial charge in [0, 0.05) is 37.7 Å². The van der Waals surface area contributed by atoms with Crippen molar-refractivity contribution in [1.29, 1.82) is 0 Å². The third-order valence-electron chi connectivity index (χ3n) is 6.70. The number of aryl methyl sites for hydroxylation is 1. The van der Waals surface area contributed by atoms with E-state index in [4.69, 9.17) is 17.2 Å². The highest BCUT2D eigenvalue weighted by atomic mass is 16.3. The van der Waals surface area contributed by atoms with E-state index in [9.17, 15) is 24.3 Å². The van der Waals surface area contributed by atoms with Crippen LogP contribution in [-0.2, 0) is 38.4 Å². The smallest absolute Gasteiger partial charge is 0.243 e. The standard InChI is InChI=1S/C30H39N9O5/c31-27(42)23(10-5-13-35-30(32)33)38-28(43)24(15-19-6-2-1-3-7-19)39-29(44)25(16-21-17-34-18-36-21)37-26(41)12-11-20-8-4-9-22(40)14-20/h1-4,6-9,14,17-18,23-25,40H,5,10-13,15-16H2,(H2,31,42)(H,34,36)(H,37,41)(H,38,43)(H,39,44)(H4,32,33,35)/t23-,24-,25+/m1/s1. The van der Waals surface area contributed by atoms with Gasteiger partial charge in [-0.1, -0.05) is 42.5 Å². The van der Waals surface area contributed by atoms with Crippen molar-refractivity contribution in [2.24, 2.45) is 22.2 Å². The Morgan fingerprint density at radius 3 is 2.18 bits per heavy atom. The van der Waals surface area contributed by atoms with Crippen molar-refractivity contribution in [2.75, 3.05) is 6.54 Å². The fourth-order valence-electron chi connectivity index (χ4n) is 4.45. The summed E-state index contributed by atoms with van der Waals surface area (Å²) in [7, 11) is 0. The lowest BCUT2D eigenvalue weighted by atomic mass is 10.0. The normalized spacial score (nSPS) is 12.7. The van der Waals surface area contributed by atoms with E-state index in [-0.39, 0.29) is 43.9 Å². The molecule has 3 rings (SSSR count). The average Bonchev–Trinajstić information content (AvgIpc) is 3.50. The Bertz CT molecular complexity index is 1410. The van der Waals surface area contributed by atoms with E-state index in [1.807, 2.05) is 6.07 Å². The number of aliphatic imine (C=N–C) groups is 1. The van der Waals surface area contributed by atoms with Gasteiger partial charge in [-0.2, -0.15) is 0 Å². The maximum Gasteiger partial charge on any atom is 0.243 e. The molecule has 0 fully saturated rings. The van der Waals surface area contributed by atoms with Crippen molar-refractivity contribution in [3.8, 4) is 5.75 Å². The number of primary amides is 1. The summed E-state index contributed by atoms with van der Waals surface area (Å²) in [5, 5.41) is 17.8. The number of nitrogens with one attached hydrogen (secondary N) is 4. The van der Waals surface area contributed by atoms with Gasteiger partial charge < -0.3 is 43.2 Å². The number of aromatic hydroxyl groups is 1. The van der Waals surface area contributed by atoms with Crippen LogP contribution in [0.3, 0.4) is 0 Å². The Balaban J connectivity index is 1.74. The van der Waals surface area contributed by atoms with Crippen molar-refractivity contribution >= 4 is 29.6 Å². The number of amides is 4. The molecule has 2 aromatic carbocycles. The molecule has 0 saturated carbocycles. The van der Waals surface area contributed by atoms with Crippen LogP contribution in [0.15, 0.2) is 72.1 Å². The number of aromatic nitrogens is 2. The van der Waals surface area contributed by atoms with Crippen LogP contribution >= 0.6 is 0 Å². The number of phenols is 1. The lowest BCUT2D eigenvalue weighted by molar-refractivity contribution is -0.133. The summed E-state index contributed by atoms with van der Waals surface area (Å²) in [6.45, 7) is 0.243. The maximum absolute atomic E-state index is 13.6. The van der Waals surface area contributed by atoms with Crippen LogP contribution in [-0.4, -0.2) is 69.3 Å². The summed E-state index contributed by atoms with van der Waals surface area (Å²) in [6.07, 6.45) is 4.14. The van der Waals surface area contributed by atoms with E-state index < -0.39 is 41.8 Å². The van der Waals surface area contributed by atoms with E-state index in [2.05, 4.69) is 30.9 Å². The van der Waals surface area contributed by atoms with E-state index in [1.54, 1.807) is 42.5 Å². The molecular formula is C30H39N9O5. The lowest BCUT2D eigenvalue weighted by Gasteiger charge is -2.25. The minimum atomic E-state index is -1.10. The Hall–Kier alpha value is -5.40. The number of hydrogen-bond acceptors (Lipinski definition) is 7. The predicted molar refractivity (Wildman–Crippen MR) is 164 cm³/mol. The molecule has 0 aliphatic heterocycles. The first-order valence-corrected chi connectivity index (χ1v) is 14.1. The van der Waals surface area contributed by atoms with Crippen LogP contribution in [0.1, 0.15) is 36.1 Å². The molecule has 0 unspecified atom stereocenters. The highest BCUT2D eigenvalue weighted by molar-refractivity contribution is 5.94. The number of rotatable bonds is 17. The van der Waals surface area contributed by atoms with Crippen LogP contribution in [0.5, 0.6) is 5.75 Å². The molecule has 14 nitrogen and oxygen atoms in total. The molecule has 1 aromatic heterocycles. The number of phenolic OH excluding ortho intramolecular Hbond substituents is 1. The SMILES string of the molecule is NC(=O)[C@@H](CCCN=C(N)N)NC(=O)[C@@H](Cc1ccccc1)NC(=O)[C@H](Cc1cnc[nH]1)NC(=O)CCc1cccc(O)c1. The molecular weight excluding hydrogens is 566 g/mol. The molecule has 3 atom stereocenters. The molecule has 0 radical (unpaired) electrons. The van der Waals surface area contributed by atoms with Gasteiger partial charge in [-0.05, 0) is 42.5 Å². The Labute approximate surface area is 254 Å². The summed E-state index contributed by atoms with van der Waals surface area (Å²) < 4.78 is 0. The second-order valence-electron chi connectivity index (χ2n) is 10.2. The molecule has 0 saturated heterocycles. The van der Waals surface area contributed by atoms with Gasteiger partial charge in [-0.3, -0.25) is 24.2 Å². The van der Waals surface area contributed by atoms with Crippen LogP contribution in [0, 0.1) is 0 Å². The second-order valence-corrected chi connectivity index (χ2v) is 10.2. The first-order chi connectivity index (χ1) is 21.1. The summed E-state index contributed by atoms with van der Waals surface area (Å²) in [6, 6.07) is 12.4. The zero-order valence-electron chi connectivity index (χ0n) is 24.2. The maximum atomic E-state index is 13.6. The number of hydrogen-bond donors (Lipinski definition) is 8. The molecule has 4 amide bonds. The summed E-state index contributed by atoms with van der Waals surface area (Å²) in [5.74, 6) is -2.37. The second kappa shape index (κ2) is 16.9.